The minimum atomic E-state index is 0.182. The molecule has 2 aliphatic heterocycles. The van der Waals surface area contributed by atoms with Crippen LogP contribution in [0.4, 0.5) is 0 Å². The highest BCUT2D eigenvalue weighted by Crippen LogP contribution is 2.32. The molecule has 0 unspecified atom stereocenters. The molecule has 1 atom stereocenters. The van der Waals surface area contributed by atoms with Crippen molar-refractivity contribution in [3.05, 3.63) is 17.7 Å². The van der Waals surface area contributed by atoms with E-state index in [4.69, 9.17) is 4.74 Å². The molecule has 1 saturated carbocycles. The zero-order valence-electron chi connectivity index (χ0n) is 13.7. The summed E-state index contributed by atoms with van der Waals surface area (Å²) in [5.74, 6) is 1.97. The van der Waals surface area contributed by atoms with Crippen LogP contribution in [-0.4, -0.2) is 52.7 Å². The molecule has 0 radical (unpaired) electrons. The van der Waals surface area contributed by atoms with Crippen LogP contribution in [0.25, 0.3) is 0 Å². The van der Waals surface area contributed by atoms with E-state index in [9.17, 15) is 4.79 Å². The number of nitrogens with one attached hydrogen (secondary N) is 1. The fourth-order valence-corrected chi connectivity index (χ4v) is 3.67. The Morgan fingerprint density at radius 3 is 3.00 bits per heavy atom. The van der Waals surface area contributed by atoms with Gasteiger partial charge < -0.3 is 14.6 Å². The van der Waals surface area contributed by atoms with Gasteiger partial charge in [0.15, 0.2) is 0 Å². The van der Waals surface area contributed by atoms with Gasteiger partial charge >= 0.3 is 0 Å². The number of fused-ring (bicyclic) bond motifs is 1. The summed E-state index contributed by atoms with van der Waals surface area (Å²) in [4.78, 5) is 19.0. The first kappa shape index (κ1) is 15.1. The van der Waals surface area contributed by atoms with Crippen LogP contribution in [0.2, 0.25) is 0 Å². The number of ether oxygens (including phenoxy) is 1. The van der Waals surface area contributed by atoms with E-state index >= 15 is 0 Å². The molecule has 6 nitrogen and oxygen atoms in total. The van der Waals surface area contributed by atoms with Crippen LogP contribution < -0.4 is 5.32 Å². The first-order valence-electron chi connectivity index (χ1n) is 8.91. The topological polar surface area (TPSA) is 59.4 Å². The molecule has 1 N–H and O–H groups in total. The highest BCUT2D eigenvalue weighted by atomic mass is 16.5. The minimum absolute atomic E-state index is 0.182. The molecule has 1 aliphatic carbocycles. The lowest BCUT2D eigenvalue weighted by molar-refractivity contribution is -0.121. The molecule has 3 aliphatic rings. The van der Waals surface area contributed by atoms with E-state index in [-0.39, 0.29) is 5.91 Å². The summed E-state index contributed by atoms with van der Waals surface area (Å²) in [5, 5.41) is 3.06. The van der Waals surface area contributed by atoms with Gasteiger partial charge in [-0.25, -0.2) is 4.98 Å². The summed E-state index contributed by atoms with van der Waals surface area (Å²) in [6.45, 7) is 5.42. The number of nitrogens with zero attached hydrogens (tertiary/aromatic N) is 3. The highest BCUT2D eigenvalue weighted by molar-refractivity contribution is 5.76. The van der Waals surface area contributed by atoms with Crippen LogP contribution >= 0.6 is 0 Å². The number of amides is 1. The summed E-state index contributed by atoms with van der Waals surface area (Å²) in [5.41, 5.74) is 1.13. The van der Waals surface area contributed by atoms with E-state index in [1.807, 2.05) is 6.20 Å². The summed E-state index contributed by atoms with van der Waals surface area (Å²) >= 11 is 0. The van der Waals surface area contributed by atoms with E-state index in [1.54, 1.807) is 0 Å². The van der Waals surface area contributed by atoms with Crippen LogP contribution in [0.5, 0.6) is 0 Å². The number of rotatable bonds is 5. The molecule has 0 bridgehead atoms. The predicted octanol–water partition coefficient (Wildman–Crippen LogP) is 0.946. The summed E-state index contributed by atoms with van der Waals surface area (Å²) in [6.07, 6.45) is 7.18. The molecule has 6 heteroatoms. The Hall–Kier alpha value is -1.40. The molecular weight excluding hydrogens is 292 g/mol. The van der Waals surface area contributed by atoms with Gasteiger partial charge in [0.2, 0.25) is 5.91 Å². The predicted molar refractivity (Wildman–Crippen MR) is 85.9 cm³/mol. The second-order valence-corrected chi connectivity index (χ2v) is 7.05. The Kier molecular flexibility index (Phi) is 4.35. The van der Waals surface area contributed by atoms with Crippen LogP contribution in [0.15, 0.2) is 6.20 Å². The van der Waals surface area contributed by atoms with Crippen LogP contribution in [0.3, 0.4) is 0 Å². The van der Waals surface area contributed by atoms with Crippen molar-refractivity contribution in [3.8, 4) is 0 Å². The average molecular weight is 318 g/mol. The van der Waals surface area contributed by atoms with Gasteiger partial charge in [-0.2, -0.15) is 0 Å². The maximum Gasteiger partial charge on any atom is 0.220 e. The Labute approximate surface area is 137 Å². The summed E-state index contributed by atoms with van der Waals surface area (Å²) in [7, 11) is 0. The zero-order valence-corrected chi connectivity index (χ0v) is 13.7. The van der Waals surface area contributed by atoms with Crippen LogP contribution in [0, 0.1) is 5.92 Å². The smallest absolute Gasteiger partial charge is 0.220 e. The molecular formula is C17H26N4O2. The molecule has 23 heavy (non-hydrogen) atoms. The minimum Gasteiger partial charge on any atom is -0.380 e. The lowest BCUT2D eigenvalue weighted by Gasteiger charge is -2.25. The number of hydrogen-bond acceptors (Lipinski definition) is 4. The van der Waals surface area contributed by atoms with Crippen molar-refractivity contribution in [1.82, 2.24) is 19.8 Å². The fraction of sp³-hybridized carbons (Fsp3) is 0.765. The monoisotopic (exact) mass is 318 g/mol. The largest absolute Gasteiger partial charge is 0.380 e. The second-order valence-electron chi connectivity index (χ2n) is 7.05. The molecule has 0 spiro atoms. The molecule has 3 heterocycles. The average Bonchev–Trinajstić information content (AvgIpc) is 3.10. The van der Waals surface area contributed by atoms with Crippen molar-refractivity contribution in [2.24, 2.45) is 5.92 Å². The Balaban J connectivity index is 1.34. The van der Waals surface area contributed by atoms with E-state index in [0.29, 0.717) is 24.9 Å². The third-order valence-electron chi connectivity index (χ3n) is 5.31. The molecule has 2 fully saturated rings. The van der Waals surface area contributed by atoms with E-state index in [2.05, 4.69) is 19.8 Å². The van der Waals surface area contributed by atoms with Gasteiger partial charge in [-0.1, -0.05) is 0 Å². The number of aromatic nitrogens is 2. The van der Waals surface area contributed by atoms with Crippen molar-refractivity contribution in [1.29, 1.82) is 0 Å². The van der Waals surface area contributed by atoms with Crippen molar-refractivity contribution < 1.29 is 9.53 Å². The van der Waals surface area contributed by atoms with Gasteiger partial charge in [-0.15, -0.1) is 0 Å². The van der Waals surface area contributed by atoms with Crippen molar-refractivity contribution in [2.75, 3.05) is 26.3 Å². The van der Waals surface area contributed by atoms with Gasteiger partial charge in [-0.3, -0.25) is 9.69 Å². The number of imidazole rings is 1. The van der Waals surface area contributed by atoms with Crippen molar-refractivity contribution in [2.45, 2.75) is 51.2 Å². The molecule has 1 aromatic heterocycles. The van der Waals surface area contributed by atoms with Gasteiger partial charge in [0.1, 0.15) is 5.82 Å². The standard InChI is InChI=1S/C17H26N4O2/c22-17(9-13-1-2-13)19-11-15-10-18-16-3-5-20(6-7-21(15)16)14-4-8-23-12-14/h10,13-14H,1-9,11-12H2,(H,19,22)/t14-/m0/s1. The third-order valence-corrected chi connectivity index (χ3v) is 5.31. The normalized spacial score (nSPS) is 25.1. The molecule has 0 aromatic carbocycles. The van der Waals surface area contributed by atoms with Crippen molar-refractivity contribution >= 4 is 5.91 Å². The quantitative estimate of drug-likeness (QED) is 0.878. The SMILES string of the molecule is O=C(CC1CC1)NCc1cnc2n1CCN([C@H]1CCOC1)CC2. The second kappa shape index (κ2) is 6.61. The van der Waals surface area contributed by atoms with Gasteiger partial charge in [0.05, 0.1) is 25.0 Å². The molecule has 1 saturated heterocycles. The molecule has 1 aromatic rings. The Bertz CT molecular complexity index is 561. The summed E-state index contributed by atoms with van der Waals surface area (Å²) in [6, 6.07) is 0.571. The Morgan fingerprint density at radius 2 is 2.22 bits per heavy atom. The van der Waals surface area contributed by atoms with Crippen molar-refractivity contribution in [3.63, 3.8) is 0 Å². The number of carbonyl (C=O) groups excluding carboxylic acids is 1. The molecule has 126 valence electrons. The molecule has 4 rings (SSSR count). The summed E-state index contributed by atoms with van der Waals surface area (Å²) < 4.78 is 7.82. The zero-order chi connectivity index (χ0) is 15.6. The van der Waals surface area contributed by atoms with Gasteiger partial charge in [0.25, 0.3) is 0 Å². The lowest BCUT2D eigenvalue weighted by atomic mass is 10.2. The lowest BCUT2D eigenvalue weighted by Crippen LogP contribution is -2.37. The number of hydrogen-bond donors (Lipinski definition) is 1. The van der Waals surface area contributed by atoms with E-state index in [0.717, 1.165) is 57.2 Å². The first-order chi connectivity index (χ1) is 11.3. The highest BCUT2D eigenvalue weighted by Gasteiger charge is 2.27. The van der Waals surface area contributed by atoms with Crippen LogP contribution in [-0.2, 0) is 29.0 Å². The fourth-order valence-electron chi connectivity index (χ4n) is 3.67. The van der Waals surface area contributed by atoms with Crippen LogP contribution in [0.1, 0.15) is 37.2 Å². The van der Waals surface area contributed by atoms with E-state index < -0.39 is 0 Å². The maximum absolute atomic E-state index is 11.9. The van der Waals surface area contributed by atoms with E-state index in [1.165, 1.54) is 12.8 Å². The van der Waals surface area contributed by atoms with Gasteiger partial charge in [0, 0.05) is 45.1 Å². The first-order valence-corrected chi connectivity index (χ1v) is 8.91. The third kappa shape index (κ3) is 3.58. The maximum atomic E-state index is 11.9. The number of carbonyl (C=O) groups is 1. The van der Waals surface area contributed by atoms with Gasteiger partial charge in [-0.05, 0) is 25.2 Å². The molecule has 1 amide bonds. The Morgan fingerprint density at radius 1 is 1.30 bits per heavy atom.